The summed E-state index contributed by atoms with van der Waals surface area (Å²) in [6, 6.07) is 39.1. The fourth-order valence-electron chi connectivity index (χ4n) is 5.71. The minimum atomic E-state index is -0.121. The van der Waals surface area contributed by atoms with Crippen molar-refractivity contribution in [2.75, 3.05) is 0 Å². The van der Waals surface area contributed by atoms with Crippen molar-refractivity contribution in [1.82, 2.24) is 0 Å². The van der Waals surface area contributed by atoms with Gasteiger partial charge in [-0.05, 0) is 42.7 Å². The first-order chi connectivity index (χ1) is 17.7. The minimum absolute atomic E-state index is 0.0561. The highest BCUT2D eigenvalue weighted by atomic mass is 16.3. The molecular weight excluding hydrogens is 440 g/mol. The average molecular weight is 469 g/mol. The fraction of sp³-hybridized carbons (Fsp3) is 0.147. The Bertz CT molecular complexity index is 1530. The van der Waals surface area contributed by atoms with Crippen molar-refractivity contribution in [1.29, 1.82) is 0 Å². The molecule has 0 saturated carbocycles. The van der Waals surface area contributed by atoms with Gasteiger partial charge >= 0.3 is 0 Å². The standard InChI is InChI=1S/C34H28O2/c1-23-19-29(27-17-18-31-28(21-27)22-32(36-31)24-11-5-2-6-12-24)33(25-13-7-3-8-14-25)30(20-23)34(35)26-15-9-4-10-16-26/h2-19,21-22,29-30,33H,20H2,1H3. The van der Waals surface area contributed by atoms with Crippen LogP contribution in [0, 0.1) is 5.92 Å². The highest BCUT2D eigenvalue weighted by Gasteiger charge is 2.38. The highest BCUT2D eigenvalue weighted by Crippen LogP contribution is 2.48. The van der Waals surface area contributed by atoms with E-state index in [1.165, 1.54) is 16.7 Å². The van der Waals surface area contributed by atoms with Gasteiger partial charge < -0.3 is 4.42 Å². The van der Waals surface area contributed by atoms with Gasteiger partial charge in [-0.2, -0.15) is 0 Å². The van der Waals surface area contributed by atoms with E-state index in [2.05, 4.69) is 73.7 Å². The molecule has 0 fully saturated rings. The number of rotatable bonds is 5. The van der Waals surface area contributed by atoms with Crippen LogP contribution in [-0.2, 0) is 0 Å². The molecule has 0 aliphatic heterocycles. The monoisotopic (exact) mass is 468 g/mol. The molecule has 0 radical (unpaired) electrons. The van der Waals surface area contributed by atoms with Crippen molar-refractivity contribution in [3.63, 3.8) is 0 Å². The molecule has 176 valence electrons. The molecule has 3 atom stereocenters. The maximum atomic E-state index is 13.8. The van der Waals surface area contributed by atoms with Crippen LogP contribution in [0.1, 0.15) is 46.7 Å². The predicted octanol–water partition coefficient (Wildman–Crippen LogP) is 8.82. The van der Waals surface area contributed by atoms with Crippen molar-refractivity contribution in [3.8, 4) is 11.3 Å². The van der Waals surface area contributed by atoms with Gasteiger partial charge in [-0.1, -0.05) is 109 Å². The van der Waals surface area contributed by atoms with Gasteiger partial charge in [-0.3, -0.25) is 4.79 Å². The number of benzene rings is 4. The summed E-state index contributed by atoms with van der Waals surface area (Å²) in [7, 11) is 0. The maximum absolute atomic E-state index is 13.8. The SMILES string of the molecule is CC1=CC(c2ccc3oc(-c4ccccc4)cc3c2)C(c2ccccc2)C(C(=O)c2ccccc2)C1. The van der Waals surface area contributed by atoms with Crippen LogP contribution >= 0.6 is 0 Å². The van der Waals surface area contributed by atoms with E-state index in [4.69, 9.17) is 4.42 Å². The van der Waals surface area contributed by atoms with E-state index in [-0.39, 0.29) is 23.5 Å². The molecule has 5 aromatic rings. The van der Waals surface area contributed by atoms with Crippen LogP contribution in [0.25, 0.3) is 22.3 Å². The number of carbonyl (C=O) groups excluding carboxylic acids is 1. The van der Waals surface area contributed by atoms with Crippen LogP contribution in [0.15, 0.2) is 131 Å². The maximum Gasteiger partial charge on any atom is 0.166 e. The molecule has 1 aromatic heterocycles. The summed E-state index contributed by atoms with van der Waals surface area (Å²) >= 11 is 0. The molecule has 3 unspecified atom stereocenters. The number of furan rings is 1. The Morgan fingerprint density at radius 1 is 0.750 bits per heavy atom. The third kappa shape index (κ3) is 4.20. The lowest BCUT2D eigenvalue weighted by molar-refractivity contribution is 0.0888. The van der Waals surface area contributed by atoms with E-state index in [1.54, 1.807) is 0 Å². The lowest BCUT2D eigenvalue weighted by Gasteiger charge is -2.37. The Labute approximate surface area is 211 Å². The third-order valence-corrected chi connectivity index (χ3v) is 7.39. The van der Waals surface area contributed by atoms with Crippen LogP contribution < -0.4 is 0 Å². The van der Waals surface area contributed by atoms with Gasteiger partial charge in [0, 0.05) is 34.3 Å². The van der Waals surface area contributed by atoms with Crippen molar-refractivity contribution in [2.45, 2.75) is 25.2 Å². The molecule has 1 heterocycles. The van der Waals surface area contributed by atoms with Crippen LogP contribution in [-0.4, -0.2) is 5.78 Å². The summed E-state index contributed by atoms with van der Waals surface area (Å²) < 4.78 is 6.18. The molecular formula is C34H28O2. The van der Waals surface area contributed by atoms with Gasteiger partial charge in [0.05, 0.1) is 0 Å². The number of allylic oxidation sites excluding steroid dienone is 2. The second-order valence-electron chi connectivity index (χ2n) is 9.79. The van der Waals surface area contributed by atoms with E-state index in [0.717, 1.165) is 34.3 Å². The molecule has 4 aromatic carbocycles. The quantitative estimate of drug-likeness (QED) is 0.190. The van der Waals surface area contributed by atoms with Gasteiger partial charge in [0.15, 0.2) is 5.78 Å². The second kappa shape index (κ2) is 9.47. The third-order valence-electron chi connectivity index (χ3n) is 7.39. The van der Waals surface area contributed by atoms with Crippen LogP contribution in [0.2, 0.25) is 0 Å². The Balaban J connectivity index is 1.45. The molecule has 36 heavy (non-hydrogen) atoms. The summed E-state index contributed by atoms with van der Waals surface area (Å²) in [4.78, 5) is 13.8. The summed E-state index contributed by atoms with van der Waals surface area (Å²) in [5.74, 6) is 1.12. The van der Waals surface area contributed by atoms with E-state index < -0.39 is 0 Å². The first-order valence-corrected chi connectivity index (χ1v) is 12.6. The lowest BCUT2D eigenvalue weighted by atomic mass is 9.66. The minimum Gasteiger partial charge on any atom is -0.456 e. The molecule has 0 amide bonds. The van der Waals surface area contributed by atoms with Crippen molar-refractivity contribution < 1.29 is 9.21 Å². The van der Waals surface area contributed by atoms with Crippen LogP contribution in [0.5, 0.6) is 0 Å². The summed E-state index contributed by atoms with van der Waals surface area (Å²) in [5.41, 5.74) is 6.41. The van der Waals surface area contributed by atoms with E-state index >= 15 is 0 Å². The molecule has 1 aliphatic carbocycles. The summed E-state index contributed by atoms with van der Waals surface area (Å²) in [6.45, 7) is 2.16. The molecule has 0 N–H and O–H groups in total. The smallest absolute Gasteiger partial charge is 0.166 e. The van der Waals surface area contributed by atoms with Crippen molar-refractivity contribution in [2.24, 2.45) is 5.92 Å². The second-order valence-corrected chi connectivity index (χ2v) is 9.79. The van der Waals surface area contributed by atoms with E-state index in [1.807, 2.05) is 54.6 Å². The number of fused-ring (bicyclic) bond motifs is 1. The molecule has 1 aliphatic rings. The van der Waals surface area contributed by atoms with E-state index in [0.29, 0.717) is 0 Å². The topological polar surface area (TPSA) is 30.2 Å². The molecule has 0 bridgehead atoms. The van der Waals surface area contributed by atoms with Crippen molar-refractivity contribution in [3.05, 3.63) is 144 Å². The zero-order valence-electron chi connectivity index (χ0n) is 20.3. The van der Waals surface area contributed by atoms with Crippen molar-refractivity contribution >= 4 is 16.8 Å². The van der Waals surface area contributed by atoms with Gasteiger partial charge in [-0.25, -0.2) is 0 Å². The molecule has 6 rings (SSSR count). The zero-order valence-corrected chi connectivity index (χ0v) is 20.3. The van der Waals surface area contributed by atoms with Gasteiger partial charge in [0.25, 0.3) is 0 Å². The largest absolute Gasteiger partial charge is 0.456 e. The Hall–Kier alpha value is -4.17. The summed E-state index contributed by atoms with van der Waals surface area (Å²) in [6.07, 6.45) is 3.14. The Kier molecular flexibility index (Phi) is 5.87. The Morgan fingerprint density at radius 3 is 2.14 bits per heavy atom. The number of hydrogen-bond donors (Lipinski definition) is 0. The Morgan fingerprint density at radius 2 is 1.42 bits per heavy atom. The number of hydrogen-bond acceptors (Lipinski definition) is 2. The number of ketones is 1. The molecule has 2 heteroatoms. The fourth-order valence-corrected chi connectivity index (χ4v) is 5.71. The molecule has 0 saturated heterocycles. The van der Waals surface area contributed by atoms with E-state index in [9.17, 15) is 4.79 Å². The normalized spacial score (nSPS) is 19.7. The lowest BCUT2D eigenvalue weighted by Crippen LogP contribution is -2.30. The van der Waals surface area contributed by atoms with Gasteiger partial charge in [-0.15, -0.1) is 0 Å². The first kappa shape index (κ1) is 22.3. The number of carbonyl (C=O) groups is 1. The summed E-state index contributed by atoms with van der Waals surface area (Å²) in [5, 5.41) is 1.08. The zero-order chi connectivity index (χ0) is 24.5. The predicted molar refractivity (Wildman–Crippen MR) is 146 cm³/mol. The molecule has 2 nitrogen and oxygen atoms in total. The molecule has 0 spiro atoms. The first-order valence-electron chi connectivity index (χ1n) is 12.6. The number of Topliss-reactive ketones (excluding diaryl/α,β-unsaturated/α-hetero) is 1. The van der Waals surface area contributed by atoms with Gasteiger partial charge in [0.2, 0.25) is 0 Å². The van der Waals surface area contributed by atoms with Crippen LogP contribution in [0.3, 0.4) is 0 Å². The highest BCUT2D eigenvalue weighted by molar-refractivity contribution is 5.99. The van der Waals surface area contributed by atoms with Crippen LogP contribution in [0.4, 0.5) is 0 Å². The average Bonchev–Trinajstić information content (AvgIpc) is 3.37. The van der Waals surface area contributed by atoms with Gasteiger partial charge in [0.1, 0.15) is 11.3 Å².